The van der Waals surface area contributed by atoms with Gasteiger partial charge < -0.3 is 10.1 Å². The maximum absolute atomic E-state index is 6.10. The van der Waals surface area contributed by atoms with E-state index in [1.165, 1.54) is 0 Å². The van der Waals surface area contributed by atoms with Gasteiger partial charge in [0.15, 0.2) is 0 Å². The zero-order valence-electron chi connectivity index (χ0n) is 11.4. The maximum atomic E-state index is 6.10. The molecule has 1 aromatic carbocycles. The van der Waals surface area contributed by atoms with Gasteiger partial charge in [0.25, 0.3) is 0 Å². The Morgan fingerprint density at radius 2 is 2.16 bits per heavy atom. The number of nitrogens with one attached hydrogen (secondary N) is 1. The molecule has 1 saturated heterocycles. The molecule has 1 fully saturated rings. The summed E-state index contributed by atoms with van der Waals surface area (Å²) in [6.45, 7) is 5.29. The van der Waals surface area contributed by atoms with Crippen LogP contribution in [0.25, 0.3) is 0 Å². The van der Waals surface area contributed by atoms with Crippen molar-refractivity contribution in [2.45, 2.75) is 13.3 Å². The van der Waals surface area contributed by atoms with Crippen LogP contribution in [-0.4, -0.2) is 44.1 Å². The first-order chi connectivity index (χ1) is 9.24. The van der Waals surface area contributed by atoms with Gasteiger partial charge in [-0.2, -0.15) is 5.10 Å². The molecule has 2 rings (SSSR count). The second kappa shape index (κ2) is 6.78. The van der Waals surface area contributed by atoms with Crippen LogP contribution in [0.2, 0.25) is 5.02 Å². The Hall–Kier alpha value is -1.26. The molecule has 0 atom stereocenters. The molecule has 0 saturated carbocycles. The third-order valence-electron chi connectivity index (χ3n) is 3.15. The average Bonchev–Trinajstić information content (AvgIpc) is 2.46. The summed E-state index contributed by atoms with van der Waals surface area (Å²) in [6.07, 6.45) is 0.867. The van der Waals surface area contributed by atoms with Crippen LogP contribution in [0.3, 0.4) is 0 Å². The Balaban J connectivity index is 2.29. The highest BCUT2D eigenvalue weighted by molar-refractivity contribution is 6.31. The van der Waals surface area contributed by atoms with E-state index in [4.69, 9.17) is 21.4 Å². The molecule has 0 spiro atoms. The number of morpholine rings is 1. The van der Waals surface area contributed by atoms with Gasteiger partial charge >= 0.3 is 0 Å². The van der Waals surface area contributed by atoms with Crippen LogP contribution in [0, 0.1) is 0 Å². The van der Waals surface area contributed by atoms with Gasteiger partial charge in [0, 0.05) is 23.3 Å². The molecular weight excluding hydrogens is 262 g/mol. The first-order valence-corrected chi connectivity index (χ1v) is 7.00. The minimum absolute atomic E-state index is 0.733. The Labute approximate surface area is 119 Å². The highest BCUT2D eigenvalue weighted by atomic mass is 35.5. The maximum Gasteiger partial charge on any atom is 0.0696 e. The molecule has 0 unspecified atom stereocenters. The third-order valence-corrected chi connectivity index (χ3v) is 3.38. The van der Waals surface area contributed by atoms with E-state index >= 15 is 0 Å². The Morgan fingerprint density at radius 1 is 1.42 bits per heavy atom. The van der Waals surface area contributed by atoms with Crippen molar-refractivity contribution < 1.29 is 4.74 Å². The summed E-state index contributed by atoms with van der Waals surface area (Å²) in [7, 11) is 1.91. The Kier molecular flexibility index (Phi) is 5.05. The fourth-order valence-corrected chi connectivity index (χ4v) is 2.28. The molecule has 1 aliphatic rings. The fourth-order valence-electron chi connectivity index (χ4n) is 2.11. The van der Waals surface area contributed by atoms with Crippen molar-refractivity contribution in [1.82, 2.24) is 5.01 Å². The minimum atomic E-state index is 0.733. The monoisotopic (exact) mass is 281 g/mol. The van der Waals surface area contributed by atoms with E-state index in [-0.39, 0.29) is 0 Å². The minimum Gasteiger partial charge on any atom is -0.388 e. The van der Waals surface area contributed by atoms with Crippen LogP contribution in [0.1, 0.15) is 18.9 Å². The second-order valence-electron chi connectivity index (χ2n) is 4.41. The van der Waals surface area contributed by atoms with Gasteiger partial charge in [-0.25, -0.2) is 0 Å². The van der Waals surface area contributed by atoms with Crippen LogP contribution in [0.4, 0.5) is 5.69 Å². The second-order valence-corrected chi connectivity index (χ2v) is 4.84. The van der Waals surface area contributed by atoms with Crippen molar-refractivity contribution in [3.8, 4) is 0 Å². The number of ether oxygens (including phenoxy) is 1. The van der Waals surface area contributed by atoms with Crippen LogP contribution in [0.5, 0.6) is 0 Å². The highest BCUT2D eigenvalue weighted by Gasteiger charge is 2.12. The Morgan fingerprint density at radius 3 is 2.79 bits per heavy atom. The number of hydrogen-bond acceptors (Lipinski definition) is 4. The summed E-state index contributed by atoms with van der Waals surface area (Å²) in [5.74, 6) is 0. The fraction of sp³-hybridized carbons (Fsp3) is 0.500. The van der Waals surface area contributed by atoms with E-state index in [0.717, 1.165) is 54.7 Å². The summed E-state index contributed by atoms with van der Waals surface area (Å²) >= 11 is 6.10. The van der Waals surface area contributed by atoms with Gasteiger partial charge in [0.2, 0.25) is 0 Å². The smallest absolute Gasteiger partial charge is 0.0696 e. The number of benzene rings is 1. The molecule has 0 radical (unpaired) electrons. The molecule has 19 heavy (non-hydrogen) atoms. The van der Waals surface area contributed by atoms with Crippen molar-refractivity contribution in [2.75, 3.05) is 38.7 Å². The lowest BCUT2D eigenvalue weighted by Crippen LogP contribution is -2.33. The van der Waals surface area contributed by atoms with Gasteiger partial charge in [-0.1, -0.05) is 18.5 Å². The van der Waals surface area contributed by atoms with Gasteiger partial charge in [0.05, 0.1) is 32.0 Å². The summed E-state index contributed by atoms with van der Waals surface area (Å²) in [5.41, 5.74) is 3.18. The molecule has 0 amide bonds. The predicted molar refractivity (Wildman–Crippen MR) is 80.2 cm³/mol. The van der Waals surface area contributed by atoms with Crippen molar-refractivity contribution in [3.05, 3.63) is 28.8 Å². The number of hydrogen-bond donors (Lipinski definition) is 1. The number of rotatable bonds is 4. The molecule has 1 heterocycles. The molecule has 4 nitrogen and oxygen atoms in total. The van der Waals surface area contributed by atoms with E-state index in [9.17, 15) is 0 Å². The zero-order valence-corrected chi connectivity index (χ0v) is 12.2. The molecular formula is C14H20ClN3O. The normalized spacial score (nSPS) is 16.6. The number of anilines is 1. The van der Waals surface area contributed by atoms with Crippen molar-refractivity contribution in [2.24, 2.45) is 5.10 Å². The SMILES string of the molecule is CC/C(=N\N1CCOCC1)c1cc(Cl)ccc1NC. The average molecular weight is 282 g/mol. The summed E-state index contributed by atoms with van der Waals surface area (Å²) in [5, 5.41) is 10.7. The molecule has 1 N–H and O–H groups in total. The van der Waals surface area contributed by atoms with Gasteiger partial charge in [-0.05, 0) is 24.6 Å². The third kappa shape index (κ3) is 3.61. The van der Waals surface area contributed by atoms with Crippen LogP contribution < -0.4 is 5.32 Å². The van der Waals surface area contributed by atoms with E-state index in [1.807, 2.05) is 25.2 Å². The molecule has 1 aromatic rings. The van der Waals surface area contributed by atoms with Gasteiger partial charge in [0.1, 0.15) is 0 Å². The van der Waals surface area contributed by atoms with E-state index in [0.29, 0.717) is 0 Å². The number of nitrogens with zero attached hydrogens (tertiary/aromatic N) is 2. The topological polar surface area (TPSA) is 36.9 Å². The largest absolute Gasteiger partial charge is 0.388 e. The standard InChI is InChI=1S/C14H20ClN3O/c1-3-13(17-18-6-8-19-9-7-18)12-10-11(15)4-5-14(12)16-2/h4-5,10,16H,3,6-9H2,1-2H3/b17-13+. The predicted octanol–water partition coefficient (Wildman–Crippen LogP) is 2.83. The first-order valence-electron chi connectivity index (χ1n) is 6.62. The lowest BCUT2D eigenvalue weighted by atomic mass is 10.1. The molecule has 1 aliphatic heterocycles. The number of hydrazone groups is 1. The van der Waals surface area contributed by atoms with Crippen LogP contribution in [-0.2, 0) is 4.74 Å². The zero-order chi connectivity index (χ0) is 13.7. The molecule has 0 aromatic heterocycles. The quantitative estimate of drug-likeness (QED) is 0.863. The van der Waals surface area contributed by atoms with Gasteiger partial charge in [-0.15, -0.1) is 0 Å². The highest BCUT2D eigenvalue weighted by Crippen LogP contribution is 2.22. The molecule has 104 valence electrons. The van der Waals surface area contributed by atoms with E-state index < -0.39 is 0 Å². The van der Waals surface area contributed by atoms with Crippen molar-refractivity contribution in [3.63, 3.8) is 0 Å². The van der Waals surface area contributed by atoms with Crippen molar-refractivity contribution >= 4 is 23.0 Å². The van der Waals surface area contributed by atoms with E-state index in [2.05, 4.69) is 17.2 Å². The van der Waals surface area contributed by atoms with Gasteiger partial charge in [-0.3, -0.25) is 5.01 Å². The van der Waals surface area contributed by atoms with Crippen LogP contribution >= 0.6 is 11.6 Å². The first kappa shape index (κ1) is 14.2. The molecule has 0 bridgehead atoms. The number of halogens is 1. The summed E-state index contributed by atoms with van der Waals surface area (Å²) in [6, 6.07) is 5.84. The summed E-state index contributed by atoms with van der Waals surface area (Å²) in [4.78, 5) is 0. The Bertz CT molecular complexity index is 456. The summed E-state index contributed by atoms with van der Waals surface area (Å²) < 4.78 is 5.34. The molecule has 0 aliphatic carbocycles. The molecule has 5 heteroatoms. The van der Waals surface area contributed by atoms with Crippen LogP contribution in [0.15, 0.2) is 23.3 Å². The lowest BCUT2D eigenvalue weighted by Gasteiger charge is -2.25. The van der Waals surface area contributed by atoms with E-state index in [1.54, 1.807) is 0 Å². The lowest BCUT2D eigenvalue weighted by molar-refractivity contribution is 0.0393. The van der Waals surface area contributed by atoms with Crippen molar-refractivity contribution in [1.29, 1.82) is 0 Å².